The van der Waals surface area contributed by atoms with Crippen LogP contribution in [0.4, 0.5) is 0 Å². The zero-order chi connectivity index (χ0) is 9.94. The van der Waals surface area contributed by atoms with Crippen LogP contribution < -0.4 is 29.6 Å². The average molecular weight is 206 g/mol. The molecule has 0 bridgehead atoms. The van der Waals surface area contributed by atoms with Crippen LogP contribution in [0.1, 0.15) is 78.6 Å². The van der Waals surface area contributed by atoms with E-state index in [9.17, 15) is 0 Å². The molecule has 0 rings (SSSR count). The fourth-order valence-electron chi connectivity index (χ4n) is 1.88. The van der Waals surface area contributed by atoms with E-state index in [0.29, 0.717) is 0 Å². The van der Waals surface area contributed by atoms with Gasteiger partial charge in [0.05, 0.1) is 0 Å². The maximum absolute atomic E-state index is 2.29. The summed E-state index contributed by atoms with van der Waals surface area (Å²) in [6.45, 7) is 6.87. The van der Waals surface area contributed by atoms with Crippen LogP contribution in [0.25, 0.3) is 0 Å². The molecule has 0 unspecified atom stereocenters. The molecule has 0 saturated carbocycles. The molecule has 0 nitrogen and oxygen atoms in total. The quantitative estimate of drug-likeness (QED) is 0.308. The van der Waals surface area contributed by atoms with Gasteiger partial charge in [-0.25, -0.2) is 0 Å². The number of hydrogen-bond donors (Lipinski definition) is 0. The van der Waals surface area contributed by atoms with Crippen LogP contribution in [0.5, 0.6) is 0 Å². The van der Waals surface area contributed by atoms with Crippen molar-refractivity contribution in [3.05, 3.63) is 5.92 Å². The van der Waals surface area contributed by atoms with Gasteiger partial charge in [-0.1, -0.05) is 59.3 Å². The minimum Gasteiger partial charge on any atom is -0.314 e. The van der Waals surface area contributed by atoms with Gasteiger partial charge in [-0.2, -0.15) is 19.3 Å². The molecule has 1 heteroatoms. The molecule has 0 aliphatic carbocycles. The van der Waals surface area contributed by atoms with Crippen molar-refractivity contribution in [3.63, 3.8) is 0 Å². The van der Waals surface area contributed by atoms with Crippen molar-refractivity contribution in [3.8, 4) is 0 Å². The zero-order valence-corrected chi connectivity index (χ0v) is 12.9. The van der Waals surface area contributed by atoms with E-state index in [1.54, 1.807) is 0 Å². The minimum atomic E-state index is 0. The molecule has 0 radical (unpaired) electrons. The molecule has 0 aliphatic rings. The summed E-state index contributed by atoms with van der Waals surface area (Å²) in [5.74, 6) is 1.82. The van der Waals surface area contributed by atoms with Gasteiger partial charge in [0.25, 0.3) is 0 Å². The van der Waals surface area contributed by atoms with Crippen LogP contribution in [0.2, 0.25) is 0 Å². The van der Waals surface area contributed by atoms with Gasteiger partial charge in [0.2, 0.25) is 0 Å². The molecule has 0 amide bonds. The smallest absolute Gasteiger partial charge is 0.314 e. The van der Waals surface area contributed by atoms with Crippen LogP contribution >= 0.6 is 0 Å². The normalized spacial score (nSPS) is 10.3. The molecule has 0 aromatic heterocycles. The van der Waals surface area contributed by atoms with Crippen molar-refractivity contribution in [2.24, 2.45) is 0 Å². The predicted octanol–water partition coefficient (Wildman–Crippen LogP) is 2.14. The number of rotatable bonds is 9. The van der Waals surface area contributed by atoms with E-state index < -0.39 is 0 Å². The van der Waals surface area contributed by atoms with E-state index in [2.05, 4.69) is 20.8 Å². The van der Waals surface area contributed by atoms with Crippen LogP contribution in [-0.4, -0.2) is 0 Å². The van der Waals surface area contributed by atoms with E-state index in [0.717, 1.165) is 0 Å². The summed E-state index contributed by atoms with van der Waals surface area (Å²) in [5, 5.41) is 0. The molecule has 0 saturated heterocycles. The van der Waals surface area contributed by atoms with Gasteiger partial charge in [0.15, 0.2) is 0 Å². The Morgan fingerprint density at radius 2 is 1.21 bits per heavy atom. The Kier molecular flexibility index (Phi) is 17.4. The van der Waals surface area contributed by atoms with E-state index in [4.69, 9.17) is 0 Å². The molecular formula is C13H27Na. The molecule has 14 heavy (non-hydrogen) atoms. The van der Waals surface area contributed by atoms with Gasteiger partial charge in [0.1, 0.15) is 0 Å². The summed E-state index contributed by atoms with van der Waals surface area (Å²) in [6.07, 6.45) is 12.5. The molecule has 0 spiro atoms. The first kappa shape index (κ1) is 17.4. The predicted molar refractivity (Wildman–Crippen MR) is 61.8 cm³/mol. The fraction of sp³-hybridized carbons (Fsp3) is 0.923. The van der Waals surface area contributed by atoms with Crippen molar-refractivity contribution in [2.45, 2.75) is 78.6 Å². The van der Waals surface area contributed by atoms with Crippen molar-refractivity contribution < 1.29 is 29.6 Å². The first-order valence-corrected chi connectivity index (χ1v) is 6.18. The standard InChI is InChI=1S/C13H27.Na/c1-4-7-8-9-12-13(10-5-2)11-6-3;/h4-12H2,1-3H3;/q-1;+1. The molecule has 0 N–H and O–H groups in total. The molecular weight excluding hydrogens is 179 g/mol. The molecule has 80 valence electrons. The summed E-state index contributed by atoms with van der Waals surface area (Å²) < 4.78 is 0. The van der Waals surface area contributed by atoms with Crippen molar-refractivity contribution >= 4 is 0 Å². The zero-order valence-electron chi connectivity index (χ0n) is 10.9. The number of unbranched alkanes of at least 4 members (excludes halogenated alkanes) is 3. The third-order valence-corrected chi connectivity index (χ3v) is 2.59. The summed E-state index contributed by atoms with van der Waals surface area (Å²) >= 11 is 0. The van der Waals surface area contributed by atoms with Gasteiger partial charge in [-0.05, 0) is 0 Å². The Balaban J connectivity index is 0. The second-order valence-electron chi connectivity index (χ2n) is 4.06. The van der Waals surface area contributed by atoms with Crippen LogP contribution in [0.3, 0.4) is 0 Å². The molecule has 0 heterocycles. The third-order valence-electron chi connectivity index (χ3n) is 2.59. The fourth-order valence-corrected chi connectivity index (χ4v) is 1.88. The SMILES string of the molecule is CCCCCC[C-](CCC)CCC.[Na+]. The third kappa shape index (κ3) is 11.1. The topological polar surface area (TPSA) is 0 Å². The molecule has 0 fully saturated rings. The Morgan fingerprint density at radius 1 is 0.643 bits per heavy atom. The Labute approximate surface area is 114 Å². The van der Waals surface area contributed by atoms with Crippen molar-refractivity contribution in [1.29, 1.82) is 0 Å². The monoisotopic (exact) mass is 206 g/mol. The van der Waals surface area contributed by atoms with Gasteiger partial charge in [0, 0.05) is 0 Å². The first-order chi connectivity index (χ1) is 6.35. The Hall–Kier alpha value is 1.00. The second-order valence-corrected chi connectivity index (χ2v) is 4.06. The summed E-state index contributed by atoms with van der Waals surface area (Å²) in [4.78, 5) is 0. The van der Waals surface area contributed by atoms with Crippen molar-refractivity contribution in [1.82, 2.24) is 0 Å². The second kappa shape index (κ2) is 14.0. The molecule has 0 atom stereocenters. The maximum Gasteiger partial charge on any atom is 1.00 e. The average Bonchev–Trinajstić information content (AvgIpc) is 2.13. The van der Waals surface area contributed by atoms with Gasteiger partial charge in [-0.15, -0.1) is 0 Å². The van der Waals surface area contributed by atoms with Gasteiger partial charge in [-0.3, -0.25) is 0 Å². The molecule has 0 aromatic rings. The minimum absolute atomic E-state index is 0. The largest absolute Gasteiger partial charge is 1.00 e. The summed E-state index contributed by atoms with van der Waals surface area (Å²) in [6, 6.07) is 0. The summed E-state index contributed by atoms with van der Waals surface area (Å²) in [7, 11) is 0. The van der Waals surface area contributed by atoms with Gasteiger partial charge < -0.3 is 5.92 Å². The van der Waals surface area contributed by atoms with E-state index >= 15 is 0 Å². The molecule has 0 aromatic carbocycles. The van der Waals surface area contributed by atoms with Crippen molar-refractivity contribution in [2.75, 3.05) is 0 Å². The van der Waals surface area contributed by atoms with Gasteiger partial charge >= 0.3 is 29.6 Å². The van der Waals surface area contributed by atoms with Crippen LogP contribution in [-0.2, 0) is 0 Å². The molecule has 0 aliphatic heterocycles. The Bertz CT molecular complexity index is 85.2. The summed E-state index contributed by atoms with van der Waals surface area (Å²) in [5.41, 5.74) is 0. The van der Waals surface area contributed by atoms with Crippen LogP contribution in [0.15, 0.2) is 0 Å². The van der Waals surface area contributed by atoms with E-state index in [-0.39, 0.29) is 29.6 Å². The number of hydrogen-bond acceptors (Lipinski definition) is 0. The first-order valence-electron chi connectivity index (χ1n) is 6.18. The maximum atomic E-state index is 2.29. The Morgan fingerprint density at radius 3 is 1.64 bits per heavy atom. The van der Waals surface area contributed by atoms with E-state index in [1.807, 2.05) is 5.92 Å². The van der Waals surface area contributed by atoms with E-state index in [1.165, 1.54) is 57.8 Å². The van der Waals surface area contributed by atoms with Crippen LogP contribution in [0, 0.1) is 5.92 Å².